The van der Waals surface area contributed by atoms with Gasteiger partial charge in [-0.25, -0.2) is 0 Å². The summed E-state index contributed by atoms with van der Waals surface area (Å²) in [5, 5.41) is 5.67. The van der Waals surface area contributed by atoms with Gasteiger partial charge in [-0.05, 0) is 44.1 Å². The van der Waals surface area contributed by atoms with Gasteiger partial charge in [-0.15, -0.1) is 0 Å². The SMILES string of the molecule is CCC(=O)Nc1cccc(NC(=O)CN2CCCCC2)c1. The summed E-state index contributed by atoms with van der Waals surface area (Å²) in [6.07, 6.45) is 4.04. The quantitative estimate of drug-likeness (QED) is 0.875. The van der Waals surface area contributed by atoms with E-state index in [1.54, 1.807) is 13.0 Å². The van der Waals surface area contributed by atoms with E-state index in [-0.39, 0.29) is 11.8 Å². The first kappa shape index (κ1) is 15.5. The van der Waals surface area contributed by atoms with Crippen molar-refractivity contribution in [2.75, 3.05) is 30.3 Å². The minimum absolute atomic E-state index is 0.00383. The zero-order chi connectivity index (χ0) is 15.1. The summed E-state index contributed by atoms with van der Waals surface area (Å²) in [4.78, 5) is 25.6. The lowest BCUT2D eigenvalue weighted by molar-refractivity contribution is -0.117. The topological polar surface area (TPSA) is 61.4 Å². The van der Waals surface area contributed by atoms with Gasteiger partial charge in [0.1, 0.15) is 0 Å². The van der Waals surface area contributed by atoms with Crippen molar-refractivity contribution in [1.82, 2.24) is 4.90 Å². The Morgan fingerprint density at radius 3 is 2.29 bits per heavy atom. The van der Waals surface area contributed by atoms with Gasteiger partial charge in [0.15, 0.2) is 0 Å². The van der Waals surface area contributed by atoms with Crippen molar-refractivity contribution in [1.29, 1.82) is 0 Å². The van der Waals surface area contributed by atoms with Gasteiger partial charge in [0.05, 0.1) is 6.54 Å². The van der Waals surface area contributed by atoms with Gasteiger partial charge < -0.3 is 10.6 Å². The van der Waals surface area contributed by atoms with Gasteiger partial charge in [0.25, 0.3) is 0 Å². The van der Waals surface area contributed by atoms with Crippen LogP contribution in [0.5, 0.6) is 0 Å². The molecule has 0 unspecified atom stereocenters. The molecule has 0 aliphatic carbocycles. The largest absolute Gasteiger partial charge is 0.326 e. The van der Waals surface area contributed by atoms with Crippen LogP contribution in [0.4, 0.5) is 11.4 Å². The molecule has 0 aromatic heterocycles. The highest BCUT2D eigenvalue weighted by molar-refractivity contribution is 5.94. The number of rotatable bonds is 5. The third-order valence-corrected chi connectivity index (χ3v) is 3.57. The van der Waals surface area contributed by atoms with Crippen molar-refractivity contribution < 1.29 is 9.59 Å². The smallest absolute Gasteiger partial charge is 0.238 e. The Morgan fingerprint density at radius 2 is 1.67 bits per heavy atom. The van der Waals surface area contributed by atoms with Crippen molar-refractivity contribution in [3.8, 4) is 0 Å². The molecule has 1 aromatic carbocycles. The average molecular weight is 289 g/mol. The Bertz CT molecular complexity index is 496. The van der Waals surface area contributed by atoms with Crippen LogP contribution >= 0.6 is 0 Å². The van der Waals surface area contributed by atoms with Gasteiger partial charge in [0, 0.05) is 17.8 Å². The van der Waals surface area contributed by atoms with E-state index in [0.29, 0.717) is 24.3 Å². The molecule has 1 aliphatic heterocycles. The Morgan fingerprint density at radius 1 is 1.05 bits per heavy atom. The molecule has 2 amide bonds. The molecule has 0 atom stereocenters. The molecule has 1 fully saturated rings. The van der Waals surface area contributed by atoms with E-state index in [1.807, 2.05) is 18.2 Å². The van der Waals surface area contributed by atoms with Crippen LogP contribution in [-0.2, 0) is 9.59 Å². The molecule has 114 valence electrons. The summed E-state index contributed by atoms with van der Waals surface area (Å²) in [6, 6.07) is 7.24. The van der Waals surface area contributed by atoms with Crippen LogP contribution in [0.1, 0.15) is 32.6 Å². The van der Waals surface area contributed by atoms with Crippen molar-refractivity contribution in [2.45, 2.75) is 32.6 Å². The summed E-state index contributed by atoms with van der Waals surface area (Å²) >= 11 is 0. The maximum atomic E-state index is 12.0. The molecule has 1 heterocycles. The first-order valence-corrected chi connectivity index (χ1v) is 7.59. The molecule has 0 bridgehead atoms. The molecule has 0 saturated carbocycles. The summed E-state index contributed by atoms with van der Waals surface area (Å²) < 4.78 is 0. The molecule has 1 aromatic rings. The molecule has 1 aliphatic rings. The fourth-order valence-corrected chi connectivity index (χ4v) is 2.45. The molecule has 21 heavy (non-hydrogen) atoms. The van der Waals surface area contributed by atoms with E-state index < -0.39 is 0 Å². The highest BCUT2D eigenvalue weighted by Crippen LogP contribution is 2.15. The molecule has 2 rings (SSSR count). The highest BCUT2D eigenvalue weighted by Gasteiger charge is 2.13. The number of amides is 2. The first-order chi connectivity index (χ1) is 10.2. The number of nitrogens with one attached hydrogen (secondary N) is 2. The number of hydrogen-bond donors (Lipinski definition) is 2. The zero-order valence-electron chi connectivity index (χ0n) is 12.5. The van der Waals surface area contributed by atoms with Gasteiger partial charge in [-0.1, -0.05) is 19.4 Å². The number of benzene rings is 1. The number of likely N-dealkylation sites (tertiary alicyclic amines) is 1. The predicted molar refractivity (Wildman–Crippen MR) is 84.3 cm³/mol. The Kier molecular flexibility index (Phi) is 5.75. The lowest BCUT2D eigenvalue weighted by Gasteiger charge is -2.25. The van der Waals surface area contributed by atoms with E-state index in [0.717, 1.165) is 13.1 Å². The minimum Gasteiger partial charge on any atom is -0.326 e. The maximum absolute atomic E-state index is 12.0. The summed E-state index contributed by atoms with van der Waals surface area (Å²) in [6.45, 7) is 4.24. The number of hydrogen-bond acceptors (Lipinski definition) is 3. The fourth-order valence-electron chi connectivity index (χ4n) is 2.45. The second-order valence-corrected chi connectivity index (χ2v) is 5.37. The standard InChI is InChI=1S/C16H23N3O2/c1-2-15(20)17-13-7-6-8-14(11-13)18-16(21)12-19-9-4-3-5-10-19/h6-8,11H,2-5,9-10,12H2,1H3,(H,17,20)(H,18,21). The van der Waals surface area contributed by atoms with E-state index in [9.17, 15) is 9.59 Å². The van der Waals surface area contributed by atoms with Gasteiger partial charge in [-0.2, -0.15) is 0 Å². The molecular weight excluding hydrogens is 266 g/mol. The molecule has 0 radical (unpaired) electrons. The summed E-state index contributed by atoms with van der Waals surface area (Å²) in [5.74, 6) is -0.0392. The van der Waals surface area contributed by atoms with Crippen LogP contribution in [0.25, 0.3) is 0 Å². The maximum Gasteiger partial charge on any atom is 0.238 e. The van der Waals surface area contributed by atoms with Crippen molar-refractivity contribution in [3.63, 3.8) is 0 Å². The number of carbonyl (C=O) groups is 2. The van der Waals surface area contributed by atoms with Gasteiger partial charge >= 0.3 is 0 Å². The van der Waals surface area contributed by atoms with Crippen molar-refractivity contribution >= 4 is 23.2 Å². The number of carbonyl (C=O) groups excluding carboxylic acids is 2. The van der Waals surface area contributed by atoms with E-state index in [2.05, 4.69) is 15.5 Å². The number of anilines is 2. The summed E-state index contributed by atoms with van der Waals surface area (Å²) in [5.41, 5.74) is 1.42. The third-order valence-electron chi connectivity index (χ3n) is 3.57. The molecule has 0 spiro atoms. The van der Waals surface area contributed by atoms with Crippen LogP contribution in [0.2, 0.25) is 0 Å². The fraction of sp³-hybridized carbons (Fsp3) is 0.500. The number of nitrogens with zero attached hydrogens (tertiary/aromatic N) is 1. The van der Waals surface area contributed by atoms with Crippen LogP contribution in [-0.4, -0.2) is 36.3 Å². The third kappa shape index (κ3) is 5.19. The molecular formula is C16H23N3O2. The lowest BCUT2D eigenvalue weighted by atomic mass is 10.1. The molecule has 5 heteroatoms. The monoisotopic (exact) mass is 289 g/mol. The Balaban J connectivity index is 1.87. The van der Waals surface area contributed by atoms with Crippen LogP contribution in [0.15, 0.2) is 24.3 Å². The average Bonchev–Trinajstić information content (AvgIpc) is 2.48. The molecule has 5 nitrogen and oxygen atoms in total. The summed E-state index contributed by atoms with van der Waals surface area (Å²) in [7, 11) is 0. The Labute approximate surface area is 125 Å². The second-order valence-electron chi connectivity index (χ2n) is 5.37. The first-order valence-electron chi connectivity index (χ1n) is 7.59. The zero-order valence-corrected chi connectivity index (χ0v) is 12.5. The van der Waals surface area contributed by atoms with Crippen molar-refractivity contribution in [2.24, 2.45) is 0 Å². The Hall–Kier alpha value is -1.88. The van der Waals surface area contributed by atoms with Gasteiger partial charge in [0.2, 0.25) is 11.8 Å². The minimum atomic E-state index is -0.0354. The molecule has 1 saturated heterocycles. The predicted octanol–water partition coefficient (Wildman–Crippen LogP) is 2.46. The van der Waals surface area contributed by atoms with E-state index >= 15 is 0 Å². The van der Waals surface area contributed by atoms with Crippen LogP contribution < -0.4 is 10.6 Å². The highest BCUT2D eigenvalue weighted by atomic mass is 16.2. The second kappa shape index (κ2) is 7.78. The lowest BCUT2D eigenvalue weighted by Crippen LogP contribution is -2.36. The normalized spacial score (nSPS) is 15.5. The van der Waals surface area contributed by atoms with E-state index in [4.69, 9.17) is 0 Å². The molecule has 2 N–H and O–H groups in total. The number of piperidine rings is 1. The van der Waals surface area contributed by atoms with Gasteiger partial charge in [-0.3, -0.25) is 14.5 Å². The van der Waals surface area contributed by atoms with Crippen LogP contribution in [0.3, 0.4) is 0 Å². The van der Waals surface area contributed by atoms with E-state index in [1.165, 1.54) is 19.3 Å². The van der Waals surface area contributed by atoms with Crippen molar-refractivity contribution in [3.05, 3.63) is 24.3 Å². The van der Waals surface area contributed by atoms with Crippen LogP contribution in [0, 0.1) is 0 Å².